The third-order valence-corrected chi connectivity index (χ3v) is 5.45. The second-order valence-corrected chi connectivity index (χ2v) is 7.64. The highest BCUT2D eigenvalue weighted by Gasteiger charge is 2.31. The first-order valence-electron chi connectivity index (χ1n) is 10.1. The van der Waals surface area contributed by atoms with Crippen molar-refractivity contribution in [2.45, 2.75) is 25.4 Å². The van der Waals surface area contributed by atoms with Crippen molar-refractivity contribution in [3.63, 3.8) is 0 Å². The van der Waals surface area contributed by atoms with Gasteiger partial charge in [-0.15, -0.1) is 0 Å². The first-order valence-corrected chi connectivity index (χ1v) is 10.1. The number of nitrogens with zero attached hydrogens (tertiary/aromatic N) is 1. The molecule has 4 rings (SSSR count). The summed E-state index contributed by atoms with van der Waals surface area (Å²) in [5.41, 5.74) is 1.60. The van der Waals surface area contributed by atoms with Crippen LogP contribution in [0.4, 0.5) is 24.5 Å². The van der Waals surface area contributed by atoms with E-state index in [1.54, 1.807) is 12.1 Å². The molecule has 2 N–H and O–H groups in total. The Morgan fingerprint density at radius 1 is 1.13 bits per heavy atom. The van der Waals surface area contributed by atoms with E-state index < -0.39 is 17.6 Å². The third kappa shape index (κ3) is 4.87. The maximum absolute atomic E-state index is 13.3. The van der Waals surface area contributed by atoms with Crippen LogP contribution in [0.1, 0.15) is 34.3 Å². The molecule has 2 heterocycles. The van der Waals surface area contributed by atoms with E-state index in [2.05, 4.69) is 15.5 Å². The highest BCUT2D eigenvalue weighted by atomic mass is 19.4. The molecule has 2 aliphatic heterocycles. The molecule has 0 spiro atoms. The zero-order valence-electron chi connectivity index (χ0n) is 16.5. The quantitative estimate of drug-likeness (QED) is 0.729. The Kier molecular flexibility index (Phi) is 5.85. The van der Waals surface area contributed by atoms with Gasteiger partial charge in [0.15, 0.2) is 0 Å². The average Bonchev–Trinajstić information content (AvgIpc) is 3.38. The fraction of sp³-hybridized carbons (Fsp3) is 0.409. The van der Waals surface area contributed by atoms with Crippen LogP contribution in [0.3, 0.4) is 0 Å². The van der Waals surface area contributed by atoms with Crippen LogP contribution in [0.5, 0.6) is 5.75 Å². The van der Waals surface area contributed by atoms with E-state index >= 15 is 0 Å². The molecule has 1 amide bonds. The first kappa shape index (κ1) is 20.5. The Hall–Kier alpha value is -2.74. The number of carbonyl (C=O) groups excluding carboxylic acids is 1. The maximum atomic E-state index is 13.3. The summed E-state index contributed by atoms with van der Waals surface area (Å²) in [6.45, 7) is 3.75. The second-order valence-electron chi connectivity index (χ2n) is 7.64. The molecule has 2 aliphatic rings. The zero-order chi connectivity index (χ0) is 21.1. The molecule has 1 fully saturated rings. The number of hydrogen-bond donors (Lipinski definition) is 2. The largest absolute Gasteiger partial charge is 0.492 e. The highest BCUT2D eigenvalue weighted by Crippen LogP contribution is 2.34. The van der Waals surface area contributed by atoms with Crippen LogP contribution >= 0.6 is 0 Å². The Bertz CT molecular complexity index is 924. The topological polar surface area (TPSA) is 53.6 Å². The lowest BCUT2D eigenvalue weighted by molar-refractivity contribution is -0.137. The van der Waals surface area contributed by atoms with E-state index in [-0.39, 0.29) is 11.4 Å². The monoisotopic (exact) mass is 419 g/mol. The summed E-state index contributed by atoms with van der Waals surface area (Å²) in [6.07, 6.45) is -1.37. The molecule has 0 aliphatic carbocycles. The van der Waals surface area contributed by atoms with Gasteiger partial charge in [0.05, 0.1) is 5.56 Å². The molecule has 0 aromatic heterocycles. The van der Waals surface area contributed by atoms with Crippen molar-refractivity contribution >= 4 is 17.3 Å². The summed E-state index contributed by atoms with van der Waals surface area (Å²) >= 11 is 0. The molecule has 0 unspecified atom stereocenters. The van der Waals surface area contributed by atoms with E-state index in [1.807, 2.05) is 6.07 Å². The summed E-state index contributed by atoms with van der Waals surface area (Å²) in [5.74, 6) is -0.371. The summed E-state index contributed by atoms with van der Waals surface area (Å²) in [5, 5.41) is 5.77. The van der Waals surface area contributed by atoms with Gasteiger partial charge in [-0.3, -0.25) is 9.69 Å². The Balaban J connectivity index is 1.48. The number of ether oxygens (including phenoxy) is 1. The van der Waals surface area contributed by atoms with Crippen LogP contribution < -0.4 is 15.4 Å². The lowest BCUT2D eigenvalue weighted by Crippen LogP contribution is -2.25. The van der Waals surface area contributed by atoms with Crippen molar-refractivity contribution < 1.29 is 22.7 Å². The standard InChI is InChI=1S/C22H24F3N3O2/c23-22(24,25)17-12-18(14-19(13-17)30-10-9-28-7-1-2-8-28)27-21(29)16-4-3-15-5-6-26-20(15)11-16/h3-4,11-14,26H,1-2,5-10H2,(H,27,29). The molecule has 1 saturated heterocycles. The van der Waals surface area contributed by atoms with Crippen molar-refractivity contribution in [1.82, 2.24) is 4.90 Å². The minimum absolute atomic E-state index is 0.0551. The van der Waals surface area contributed by atoms with Gasteiger partial charge in [-0.05, 0) is 62.2 Å². The van der Waals surface area contributed by atoms with Crippen LogP contribution in [0, 0.1) is 0 Å². The SMILES string of the molecule is O=C(Nc1cc(OCCN2CCCC2)cc(C(F)(F)F)c1)c1ccc2c(c1)NCC2. The van der Waals surface area contributed by atoms with Gasteiger partial charge >= 0.3 is 6.18 Å². The van der Waals surface area contributed by atoms with Crippen LogP contribution in [0.15, 0.2) is 36.4 Å². The molecular formula is C22H24F3N3O2. The van der Waals surface area contributed by atoms with Gasteiger partial charge in [0, 0.05) is 36.1 Å². The highest BCUT2D eigenvalue weighted by molar-refractivity contribution is 6.05. The number of amides is 1. The van der Waals surface area contributed by atoms with Crippen molar-refractivity contribution in [2.24, 2.45) is 0 Å². The number of halogens is 3. The number of fused-ring (bicyclic) bond motifs is 1. The van der Waals surface area contributed by atoms with E-state index in [0.29, 0.717) is 18.7 Å². The Labute approximate surface area is 173 Å². The molecule has 160 valence electrons. The van der Waals surface area contributed by atoms with Crippen molar-refractivity contribution in [3.8, 4) is 5.75 Å². The normalized spacial score (nSPS) is 16.2. The Morgan fingerprint density at radius 3 is 2.70 bits per heavy atom. The zero-order valence-corrected chi connectivity index (χ0v) is 16.5. The average molecular weight is 419 g/mol. The van der Waals surface area contributed by atoms with Gasteiger partial charge in [-0.25, -0.2) is 0 Å². The van der Waals surface area contributed by atoms with Crippen LogP contribution in [0.25, 0.3) is 0 Å². The minimum Gasteiger partial charge on any atom is -0.492 e. The molecule has 0 bridgehead atoms. The van der Waals surface area contributed by atoms with Gasteiger partial charge in [-0.2, -0.15) is 13.2 Å². The summed E-state index contributed by atoms with van der Waals surface area (Å²) in [4.78, 5) is 14.8. The van der Waals surface area contributed by atoms with Crippen LogP contribution in [-0.2, 0) is 12.6 Å². The van der Waals surface area contributed by atoms with E-state index in [4.69, 9.17) is 4.74 Å². The van der Waals surface area contributed by atoms with Crippen LogP contribution in [-0.4, -0.2) is 43.6 Å². The number of likely N-dealkylation sites (tertiary alicyclic amines) is 1. The van der Waals surface area contributed by atoms with Gasteiger partial charge in [0.2, 0.25) is 0 Å². The number of hydrogen-bond acceptors (Lipinski definition) is 4. The van der Waals surface area contributed by atoms with E-state index in [0.717, 1.165) is 62.3 Å². The van der Waals surface area contributed by atoms with Crippen LogP contribution in [0.2, 0.25) is 0 Å². The van der Waals surface area contributed by atoms with Crippen molar-refractivity contribution in [3.05, 3.63) is 53.1 Å². The van der Waals surface area contributed by atoms with Gasteiger partial charge in [0.1, 0.15) is 12.4 Å². The molecule has 5 nitrogen and oxygen atoms in total. The predicted molar refractivity (Wildman–Crippen MR) is 109 cm³/mol. The number of nitrogens with one attached hydrogen (secondary N) is 2. The minimum atomic E-state index is -4.54. The smallest absolute Gasteiger partial charge is 0.416 e. The molecular weight excluding hydrogens is 395 g/mol. The maximum Gasteiger partial charge on any atom is 0.416 e. The van der Waals surface area contributed by atoms with E-state index in [9.17, 15) is 18.0 Å². The second kappa shape index (κ2) is 8.55. The molecule has 0 radical (unpaired) electrons. The number of benzene rings is 2. The third-order valence-electron chi connectivity index (χ3n) is 5.45. The predicted octanol–water partition coefficient (Wildman–Crippen LogP) is 4.40. The number of anilines is 2. The molecule has 0 atom stereocenters. The van der Waals surface area contributed by atoms with Crippen molar-refractivity contribution in [1.29, 1.82) is 0 Å². The number of alkyl halides is 3. The lowest BCUT2D eigenvalue weighted by Gasteiger charge is -2.17. The lowest BCUT2D eigenvalue weighted by atomic mass is 10.1. The van der Waals surface area contributed by atoms with Gasteiger partial charge in [0.25, 0.3) is 5.91 Å². The van der Waals surface area contributed by atoms with Crippen molar-refractivity contribution in [2.75, 3.05) is 43.4 Å². The first-order chi connectivity index (χ1) is 14.4. The number of rotatable bonds is 6. The molecule has 30 heavy (non-hydrogen) atoms. The molecule has 0 saturated carbocycles. The summed E-state index contributed by atoms with van der Waals surface area (Å²) in [7, 11) is 0. The molecule has 2 aromatic rings. The van der Waals surface area contributed by atoms with Gasteiger partial charge < -0.3 is 15.4 Å². The van der Waals surface area contributed by atoms with E-state index in [1.165, 1.54) is 6.07 Å². The van der Waals surface area contributed by atoms with Gasteiger partial charge in [-0.1, -0.05) is 6.07 Å². The Morgan fingerprint density at radius 2 is 1.93 bits per heavy atom. The molecule has 2 aromatic carbocycles. The fourth-order valence-electron chi connectivity index (χ4n) is 3.85. The number of carbonyl (C=O) groups is 1. The summed E-state index contributed by atoms with van der Waals surface area (Å²) < 4.78 is 45.6. The molecule has 8 heteroatoms. The summed E-state index contributed by atoms with van der Waals surface area (Å²) in [6, 6.07) is 8.60. The fourth-order valence-corrected chi connectivity index (χ4v) is 3.85.